The molecule has 19 heavy (non-hydrogen) atoms. The van der Waals surface area contributed by atoms with E-state index in [0.29, 0.717) is 18.0 Å². The van der Waals surface area contributed by atoms with Crippen LogP contribution in [0.25, 0.3) is 11.0 Å². The van der Waals surface area contributed by atoms with Gasteiger partial charge in [0.1, 0.15) is 5.82 Å². The minimum atomic E-state index is 0.0829. The first-order valence-corrected chi connectivity index (χ1v) is 6.35. The van der Waals surface area contributed by atoms with Crippen LogP contribution >= 0.6 is 0 Å². The van der Waals surface area contributed by atoms with Crippen LogP contribution in [0.1, 0.15) is 25.6 Å². The first kappa shape index (κ1) is 13.7. The molecule has 5 heteroatoms. The Hall–Kier alpha value is -1.75. The molecule has 104 valence electrons. The van der Waals surface area contributed by atoms with Gasteiger partial charge in [-0.2, -0.15) is 0 Å². The van der Waals surface area contributed by atoms with Crippen LogP contribution in [0.15, 0.2) is 12.1 Å². The summed E-state index contributed by atoms with van der Waals surface area (Å²) in [5.41, 5.74) is 1.81. The number of ether oxygens (including phenoxy) is 2. The third-order valence-electron chi connectivity index (χ3n) is 3.12. The fourth-order valence-electron chi connectivity index (χ4n) is 2.25. The monoisotopic (exact) mass is 264 g/mol. The van der Waals surface area contributed by atoms with E-state index in [1.807, 2.05) is 16.7 Å². The van der Waals surface area contributed by atoms with Gasteiger partial charge < -0.3 is 19.1 Å². The van der Waals surface area contributed by atoms with E-state index in [1.165, 1.54) is 0 Å². The number of aromatic nitrogens is 2. The highest BCUT2D eigenvalue weighted by atomic mass is 16.5. The van der Waals surface area contributed by atoms with Gasteiger partial charge in [-0.25, -0.2) is 4.98 Å². The van der Waals surface area contributed by atoms with E-state index in [-0.39, 0.29) is 12.5 Å². The van der Waals surface area contributed by atoms with Gasteiger partial charge in [0.15, 0.2) is 11.5 Å². The van der Waals surface area contributed by atoms with E-state index < -0.39 is 0 Å². The summed E-state index contributed by atoms with van der Waals surface area (Å²) in [7, 11) is 3.22. The van der Waals surface area contributed by atoms with E-state index in [4.69, 9.17) is 9.47 Å². The van der Waals surface area contributed by atoms with Crippen LogP contribution in [0.4, 0.5) is 0 Å². The molecule has 0 aliphatic heterocycles. The Morgan fingerprint density at radius 3 is 2.37 bits per heavy atom. The normalized spacial score (nSPS) is 11.3. The second-order valence-electron chi connectivity index (χ2n) is 4.70. The summed E-state index contributed by atoms with van der Waals surface area (Å²) in [4.78, 5) is 4.63. The molecule has 0 atom stereocenters. The third kappa shape index (κ3) is 2.38. The Balaban J connectivity index is 2.69. The van der Waals surface area contributed by atoms with E-state index in [0.717, 1.165) is 16.9 Å². The number of aliphatic hydroxyl groups excluding tert-OH is 1. The molecule has 0 spiro atoms. The summed E-state index contributed by atoms with van der Waals surface area (Å²) in [6.07, 6.45) is 0. The standard InChI is InChI=1S/C14H20N2O3/c1-9(2)14-15-10-7-12(18-3)13(19-4)8-11(10)16(14)5-6-17/h7-9,17H,5-6H2,1-4H3. The Morgan fingerprint density at radius 1 is 1.21 bits per heavy atom. The Morgan fingerprint density at radius 2 is 1.84 bits per heavy atom. The lowest BCUT2D eigenvalue weighted by Gasteiger charge is -2.11. The zero-order valence-electron chi connectivity index (χ0n) is 11.8. The molecule has 2 rings (SSSR count). The first-order chi connectivity index (χ1) is 9.12. The van der Waals surface area contributed by atoms with Crippen molar-refractivity contribution >= 4 is 11.0 Å². The molecule has 0 saturated heterocycles. The zero-order chi connectivity index (χ0) is 14.0. The summed E-state index contributed by atoms with van der Waals surface area (Å²) in [6, 6.07) is 3.77. The van der Waals surface area contributed by atoms with Crippen molar-refractivity contribution in [2.75, 3.05) is 20.8 Å². The SMILES string of the molecule is COc1cc2nc(C(C)C)n(CCO)c2cc1OC. The zero-order valence-corrected chi connectivity index (χ0v) is 11.8. The predicted octanol–water partition coefficient (Wildman–Crippen LogP) is 2.17. The summed E-state index contributed by atoms with van der Waals surface area (Å²) < 4.78 is 12.6. The molecule has 0 aliphatic carbocycles. The lowest BCUT2D eigenvalue weighted by molar-refractivity contribution is 0.275. The molecule has 5 nitrogen and oxygen atoms in total. The lowest BCUT2D eigenvalue weighted by Crippen LogP contribution is -2.08. The van der Waals surface area contributed by atoms with Crippen LogP contribution in [0.5, 0.6) is 11.5 Å². The molecule has 0 aliphatic rings. The number of rotatable bonds is 5. The maximum atomic E-state index is 9.23. The van der Waals surface area contributed by atoms with E-state index in [2.05, 4.69) is 18.8 Å². The predicted molar refractivity (Wildman–Crippen MR) is 74.0 cm³/mol. The summed E-state index contributed by atoms with van der Waals surface area (Å²) in [5.74, 6) is 2.58. The van der Waals surface area contributed by atoms with Crippen molar-refractivity contribution in [1.29, 1.82) is 0 Å². The molecule has 0 fully saturated rings. The molecule has 0 unspecified atom stereocenters. The van der Waals surface area contributed by atoms with Crippen molar-refractivity contribution < 1.29 is 14.6 Å². The van der Waals surface area contributed by atoms with Gasteiger partial charge >= 0.3 is 0 Å². The number of nitrogens with zero attached hydrogens (tertiary/aromatic N) is 2. The molecule has 0 saturated carbocycles. The number of methoxy groups -OCH3 is 2. The molecule has 1 aromatic carbocycles. The number of imidazole rings is 1. The summed E-state index contributed by atoms with van der Waals surface area (Å²) in [6.45, 7) is 4.78. The van der Waals surface area contributed by atoms with Crippen molar-refractivity contribution in [3.63, 3.8) is 0 Å². The Bertz CT molecular complexity index is 576. The third-order valence-corrected chi connectivity index (χ3v) is 3.12. The summed E-state index contributed by atoms with van der Waals surface area (Å²) in [5, 5.41) is 9.23. The number of benzene rings is 1. The van der Waals surface area contributed by atoms with Gasteiger partial charge in [-0.15, -0.1) is 0 Å². The Labute approximate surface area is 112 Å². The first-order valence-electron chi connectivity index (χ1n) is 6.35. The molecule has 1 N–H and O–H groups in total. The quantitative estimate of drug-likeness (QED) is 0.899. The molecular formula is C14H20N2O3. The van der Waals surface area contributed by atoms with Crippen LogP contribution in [-0.4, -0.2) is 35.5 Å². The van der Waals surface area contributed by atoms with Crippen LogP contribution < -0.4 is 9.47 Å². The fourth-order valence-corrected chi connectivity index (χ4v) is 2.25. The van der Waals surface area contributed by atoms with Crippen molar-refractivity contribution in [2.24, 2.45) is 0 Å². The van der Waals surface area contributed by atoms with E-state index in [9.17, 15) is 5.11 Å². The van der Waals surface area contributed by atoms with Crippen LogP contribution in [0, 0.1) is 0 Å². The van der Waals surface area contributed by atoms with E-state index in [1.54, 1.807) is 14.2 Å². The van der Waals surface area contributed by atoms with Crippen molar-refractivity contribution in [3.05, 3.63) is 18.0 Å². The van der Waals surface area contributed by atoms with Crippen molar-refractivity contribution in [1.82, 2.24) is 9.55 Å². The summed E-state index contributed by atoms with van der Waals surface area (Å²) >= 11 is 0. The van der Waals surface area contributed by atoms with Crippen LogP contribution in [0.3, 0.4) is 0 Å². The minimum Gasteiger partial charge on any atom is -0.493 e. The van der Waals surface area contributed by atoms with Gasteiger partial charge in [0.25, 0.3) is 0 Å². The largest absolute Gasteiger partial charge is 0.493 e. The Kier molecular flexibility index (Phi) is 3.95. The molecular weight excluding hydrogens is 244 g/mol. The molecule has 1 aromatic heterocycles. The van der Waals surface area contributed by atoms with Gasteiger partial charge in [-0.05, 0) is 0 Å². The number of hydrogen-bond acceptors (Lipinski definition) is 4. The highest BCUT2D eigenvalue weighted by Crippen LogP contribution is 2.33. The average Bonchev–Trinajstić information content (AvgIpc) is 2.76. The number of fused-ring (bicyclic) bond motifs is 1. The highest BCUT2D eigenvalue weighted by Gasteiger charge is 2.16. The van der Waals surface area contributed by atoms with Crippen molar-refractivity contribution in [2.45, 2.75) is 26.3 Å². The van der Waals surface area contributed by atoms with Gasteiger partial charge in [-0.1, -0.05) is 13.8 Å². The molecule has 0 amide bonds. The number of aliphatic hydroxyl groups is 1. The minimum absolute atomic E-state index is 0.0829. The lowest BCUT2D eigenvalue weighted by atomic mass is 10.2. The van der Waals surface area contributed by atoms with Crippen LogP contribution in [0.2, 0.25) is 0 Å². The van der Waals surface area contributed by atoms with Gasteiger partial charge in [-0.3, -0.25) is 0 Å². The number of hydrogen-bond donors (Lipinski definition) is 1. The molecule has 1 heterocycles. The molecule has 0 bridgehead atoms. The van der Waals surface area contributed by atoms with Crippen LogP contribution in [-0.2, 0) is 6.54 Å². The highest BCUT2D eigenvalue weighted by molar-refractivity contribution is 5.80. The van der Waals surface area contributed by atoms with Gasteiger partial charge in [0, 0.05) is 24.6 Å². The maximum absolute atomic E-state index is 9.23. The average molecular weight is 264 g/mol. The molecule has 2 aromatic rings. The van der Waals surface area contributed by atoms with E-state index >= 15 is 0 Å². The maximum Gasteiger partial charge on any atom is 0.163 e. The van der Waals surface area contributed by atoms with Gasteiger partial charge in [0.05, 0.1) is 31.9 Å². The molecule has 0 radical (unpaired) electrons. The smallest absolute Gasteiger partial charge is 0.163 e. The second-order valence-corrected chi connectivity index (χ2v) is 4.70. The van der Waals surface area contributed by atoms with Gasteiger partial charge in [0.2, 0.25) is 0 Å². The topological polar surface area (TPSA) is 56.5 Å². The second kappa shape index (κ2) is 5.48. The fraction of sp³-hybridized carbons (Fsp3) is 0.500. The van der Waals surface area contributed by atoms with Crippen molar-refractivity contribution in [3.8, 4) is 11.5 Å².